The van der Waals surface area contributed by atoms with Gasteiger partial charge < -0.3 is 5.11 Å². The van der Waals surface area contributed by atoms with E-state index in [0.29, 0.717) is 6.61 Å². The number of hydrogen-bond donors (Lipinski definition) is 1. The molecule has 1 aromatic heterocycles. The van der Waals surface area contributed by atoms with Gasteiger partial charge in [0.2, 0.25) is 0 Å². The zero-order chi connectivity index (χ0) is 9.47. The first-order valence-electron chi connectivity index (χ1n) is 4.76. The molecule has 0 spiro atoms. The second-order valence-electron chi connectivity index (χ2n) is 4.24. The van der Waals surface area contributed by atoms with Gasteiger partial charge in [0.1, 0.15) is 0 Å². The van der Waals surface area contributed by atoms with Crippen LogP contribution in [-0.2, 0) is 13.5 Å². The van der Waals surface area contributed by atoms with Gasteiger partial charge >= 0.3 is 0 Å². The minimum absolute atomic E-state index is 0.195. The van der Waals surface area contributed by atoms with E-state index >= 15 is 0 Å². The monoisotopic (exact) mass is 180 g/mol. The molecule has 0 bridgehead atoms. The normalized spacial score (nSPS) is 19.0. The van der Waals surface area contributed by atoms with Gasteiger partial charge in [-0.25, -0.2) is 0 Å². The van der Waals surface area contributed by atoms with Crippen LogP contribution in [0, 0.1) is 12.3 Å². The number of aliphatic hydroxyl groups excluding tert-OH is 1. The van der Waals surface area contributed by atoms with Crippen LogP contribution in [0.3, 0.4) is 0 Å². The summed E-state index contributed by atoms with van der Waals surface area (Å²) in [6.07, 6.45) is 3.29. The van der Waals surface area contributed by atoms with Crippen LogP contribution >= 0.6 is 0 Å². The zero-order valence-corrected chi connectivity index (χ0v) is 8.25. The van der Waals surface area contributed by atoms with Crippen molar-refractivity contribution in [1.82, 2.24) is 9.78 Å². The van der Waals surface area contributed by atoms with Crippen LogP contribution in [0.2, 0.25) is 0 Å². The SMILES string of the molecule is Cc1cc(CC2(CO)CC2)n(C)n1. The van der Waals surface area contributed by atoms with Crippen LogP contribution in [0.15, 0.2) is 6.07 Å². The zero-order valence-electron chi connectivity index (χ0n) is 8.25. The molecule has 3 heteroatoms. The quantitative estimate of drug-likeness (QED) is 0.754. The molecule has 1 aromatic rings. The number of rotatable bonds is 3. The summed E-state index contributed by atoms with van der Waals surface area (Å²) in [6.45, 7) is 2.32. The lowest BCUT2D eigenvalue weighted by Gasteiger charge is -2.10. The molecule has 0 atom stereocenters. The molecule has 1 saturated carbocycles. The third-order valence-electron chi connectivity index (χ3n) is 2.95. The van der Waals surface area contributed by atoms with Crippen LogP contribution < -0.4 is 0 Å². The van der Waals surface area contributed by atoms with Crippen molar-refractivity contribution in [3.63, 3.8) is 0 Å². The molecule has 2 rings (SSSR count). The van der Waals surface area contributed by atoms with E-state index < -0.39 is 0 Å². The number of hydrogen-bond acceptors (Lipinski definition) is 2. The highest BCUT2D eigenvalue weighted by molar-refractivity contribution is 5.13. The smallest absolute Gasteiger partial charge is 0.0596 e. The Bertz CT molecular complexity index is 313. The summed E-state index contributed by atoms with van der Waals surface area (Å²) in [7, 11) is 1.97. The fourth-order valence-electron chi connectivity index (χ4n) is 1.78. The first-order chi connectivity index (χ1) is 6.15. The van der Waals surface area contributed by atoms with E-state index in [4.69, 9.17) is 0 Å². The molecule has 0 radical (unpaired) electrons. The molecule has 1 aliphatic carbocycles. The fourth-order valence-corrected chi connectivity index (χ4v) is 1.78. The molecule has 72 valence electrons. The van der Waals surface area contributed by atoms with Crippen molar-refractivity contribution < 1.29 is 5.11 Å². The maximum absolute atomic E-state index is 9.19. The Labute approximate surface area is 78.4 Å². The lowest BCUT2D eigenvalue weighted by Crippen LogP contribution is -2.12. The van der Waals surface area contributed by atoms with Gasteiger partial charge in [0, 0.05) is 19.3 Å². The summed E-state index contributed by atoms with van der Waals surface area (Å²) in [4.78, 5) is 0. The number of aliphatic hydroxyl groups is 1. The minimum Gasteiger partial charge on any atom is -0.396 e. The Morgan fingerprint density at radius 1 is 1.62 bits per heavy atom. The van der Waals surface area contributed by atoms with E-state index in [2.05, 4.69) is 11.2 Å². The third kappa shape index (κ3) is 1.61. The van der Waals surface area contributed by atoms with Crippen molar-refractivity contribution in [2.45, 2.75) is 26.2 Å². The van der Waals surface area contributed by atoms with Gasteiger partial charge in [-0.15, -0.1) is 0 Å². The van der Waals surface area contributed by atoms with Crippen molar-refractivity contribution in [3.05, 3.63) is 17.5 Å². The average Bonchev–Trinajstić information content (AvgIpc) is 2.77. The van der Waals surface area contributed by atoms with Gasteiger partial charge in [-0.05, 0) is 37.7 Å². The lowest BCUT2D eigenvalue weighted by atomic mass is 10.0. The predicted molar refractivity (Wildman–Crippen MR) is 50.4 cm³/mol. The Hall–Kier alpha value is -0.830. The lowest BCUT2D eigenvalue weighted by molar-refractivity contribution is 0.209. The van der Waals surface area contributed by atoms with Gasteiger partial charge in [0.05, 0.1) is 5.69 Å². The van der Waals surface area contributed by atoms with E-state index in [1.165, 1.54) is 5.69 Å². The number of aromatic nitrogens is 2. The molecular weight excluding hydrogens is 164 g/mol. The maximum atomic E-state index is 9.19. The largest absolute Gasteiger partial charge is 0.396 e. The number of nitrogens with zero attached hydrogens (tertiary/aromatic N) is 2. The van der Waals surface area contributed by atoms with Crippen LogP contribution in [-0.4, -0.2) is 21.5 Å². The summed E-state index contributed by atoms with van der Waals surface area (Å²) in [5.41, 5.74) is 2.50. The van der Waals surface area contributed by atoms with Crippen molar-refractivity contribution in [3.8, 4) is 0 Å². The molecule has 0 aliphatic heterocycles. The second-order valence-corrected chi connectivity index (χ2v) is 4.24. The number of aryl methyl sites for hydroxylation is 2. The standard InChI is InChI=1S/C10H16N2O/c1-8-5-9(12(2)11-8)6-10(7-13)3-4-10/h5,13H,3-4,6-7H2,1-2H3. The van der Waals surface area contributed by atoms with Gasteiger partial charge in [0.15, 0.2) is 0 Å². The Morgan fingerprint density at radius 2 is 2.31 bits per heavy atom. The van der Waals surface area contributed by atoms with Crippen LogP contribution in [0.4, 0.5) is 0 Å². The molecule has 1 fully saturated rings. The van der Waals surface area contributed by atoms with Crippen molar-refractivity contribution in [2.24, 2.45) is 12.5 Å². The summed E-state index contributed by atoms with van der Waals surface area (Å²) in [5.74, 6) is 0. The Morgan fingerprint density at radius 3 is 2.69 bits per heavy atom. The fraction of sp³-hybridized carbons (Fsp3) is 0.700. The highest BCUT2D eigenvalue weighted by Gasteiger charge is 2.42. The molecule has 1 N–H and O–H groups in total. The molecule has 0 saturated heterocycles. The van der Waals surface area contributed by atoms with Crippen LogP contribution in [0.1, 0.15) is 24.2 Å². The van der Waals surface area contributed by atoms with Gasteiger partial charge in [-0.1, -0.05) is 0 Å². The molecule has 0 aromatic carbocycles. The average molecular weight is 180 g/mol. The predicted octanol–water partition coefficient (Wildman–Crippen LogP) is 1.04. The Kier molecular flexibility index (Phi) is 1.91. The van der Waals surface area contributed by atoms with Gasteiger partial charge in [0.25, 0.3) is 0 Å². The summed E-state index contributed by atoms with van der Waals surface area (Å²) in [5, 5.41) is 13.5. The molecule has 1 aliphatic rings. The van der Waals surface area contributed by atoms with E-state index in [0.717, 1.165) is 25.0 Å². The van der Waals surface area contributed by atoms with Crippen LogP contribution in [0.25, 0.3) is 0 Å². The van der Waals surface area contributed by atoms with Crippen molar-refractivity contribution in [1.29, 1.82) is 0 Å². The molecule has 13 heavy (non-hydrogen) atoms. The first kappa shape index (κ1) is 8.75. The maximum Gasteiger partial charge on any atom is 0.0596 e. The van der Waals surface area contributed by atoms with Gasteiger partial charge in [-0.2, -0.15) is 5.10 Å². The van der Waals surface area contributed by atoms with E-state index in [-0.39, 0.29) is 5.41 Å². The van der Waals surface area contributed by atoms with E-state index in [1.807, 2.05) is 18.7 Å². The van der Waals surface area contributed by atoms with Gasteiger partial charge in [-0.3, -0.25) is 4.68 Å². The molecule has 0 unspecified atom stereocenters. The summed E-state index contributed by atoms with van der Waals surface area (Å²) < 4.78 is 1.92. The highest BCUT2D eigenvalue weighted by atomic mass is 16.3. The van der Waals surface area contributed by atoms with Crippen LogP contribution in [0.5, 0.6) is 0 Å². The molecule has 0 amide bonds. The molecular formula is C10H16N2O. The third-order valence-corrected chi connectivity index (χ3v) is 2.95. The first-order valence-corrected chi connectivity index (χ1v) is 4.76. The highest BCUT2D eigenvalue weighted by Crippen LogP contribution is 2.47. The Balaban J connectivity index is 2.13. The molecule has 3 nitrogen and oxygen atoms in total. The van der Waals surface area contributed by atoms with E-state index in [9.17, 15) is 5.11 Å². The van der Waals surface area contributed by atoms with E-state index in [1.54, 1.807) is 0 Å². The topological polar surface area (TPSA) is 38.0 Å². The summed E-state index contributed by atoms with van der Waals surface area (Å²) in [6, 6.07) is 2.11. The second kappa shape index (κ2) is 2.84. The molecule has 1 heterocycles. The summed E-state index contributed by atoms with van der Waals surface area (Å²) >= 11 is 0. The van der Waals surface area contributed by atoms with Crippen molar-refractivity contribution in [2.75, 3.05) is 6.61 Å². The van der Waals surface area contributed by atoms with Crippen molar-refractivity contribution >= 4 is 0 Å². The minimum atomic E-state index is 0.195.